The average molecular weight is 465 g/mol. The van der Waals surface area contributed by atoms with Gasteiger partial charge in [-0.05, 0) is 61.2 Å². The van der Waals surface area contributed by atoms with E-state index in [9.17, 15) is 13.2 Å². The summed E-state index contributed by atoms with van der Waals surface area (Å²) < 4.78 is 50.3. The lowest BCUT2D eigenvalue weighted by Gasteiger charge is -2.22. The number of aromatic nitrogens is 5. The van der Waals surface area contributed by atoms with Crippen LogP contribution in [0.15, 0.2) is 42.7 Å². The van der Waals surface area contributed by atoms with E-state index in [0.717, 1.165) is 35.6 Å². The van der Waals surface area contributed by atoms with Crippen molar-refractivity contribution in [2.75, 3.05) is 7.11 Å². The number of imidazole rings is 1. The molecule has 1 unspecified atom stereocenters. The van der Waals surface area contributed by atoms with Crippen molar-refractivity contribution in [2.45, 2.75) is 32.2 Å². The van der Waals surface area contributed by atoms with Gasteiger partial charge in [-0.2, -0.15) is 5.10 Å². The summed E-state index contributed by atoms with van der Waals surface area (Å²) >= 11 is 0. The zero-order valence-corrected chi connectivity index (χ0v) is 18.7. The van der Waals surface area contributed by atoms with Crippen LogP contribution < -0.4 is 4.74 Å². The average Bonchev–Trinajstić information content (AvgIpc) is 3.46. The van der Waals surface area contributed by atoms with Crippen LogP contribution in [0.3, 0.4) is 0 Å². The number of fused-ring (bicyclic) bond motifs is 1. The molecule has 1 atom stereocenters. The minimum atomic E-state index is -1.46. The molecular formula is C25H22F3N5O. The molecule has 0 amide bonds. The predicted octanol–water partition coefficient (Wildman–Crippen LogP) is 5.29. The number of hydrogen-bond acceptors (Lipinski definition) is 4. The number of ether oxygens (including phenoxy) is 1. The van der Waals surface area contributed by atoms with E-state index in [4.69, 9.17) is 4.74 Å². The molecule has 4 aromatic rings. The van der Waals surface area contributed by atoms with E-state index in [2.05, 4.69) is 15.1 Å². The zero-order valence-electron chi connectivity index (χ0n) is 18.7. The van der Waals surface area contributed by atoms with Crippen molar-refractivity contribution in [3.05, 3.63) is 88.8 Å². The molecule has 34 heavy (non-hydrogen) atoms. The maximum atomic E-state index is 13.8. The van der Waals surface area contributed by atoms with E-state index in [0.29, 0.717) is 35.9 Å². The van der Waals surface area contributed by atoms with Crippen molar-refractivity contribution >= 4 is 12.2 Å². The summed E-state index contributed by atoms with van der Waals surface area (Å²) in [5.41, 5.74) is 2.13. The smallest absolute Gasteiger partial charge is 0.194 e. The van der Waals surface area contributed by atoms with Gasteiger partial charge in [-0.3, -0.25) is 0 Å². The summed E-state index contributed by atoms with van der Waals surface area (Å²) in [7, 11) is 1.62. The predicted molar refractivity (Wildman–Crippen MR) is 121 cm³/mol. The normalized spacial score (nSPS) is 15.6. The number of halogens is 3. The summed E-state index contributed by atoms with van der Waals surface area (Å²) in [5, 5.41) is 4.53. The van der Waals surface area contributed by atoms with Crippen molar-refractivity contribution in [3.63, 3.8) is 0 Å². The second-order valence-corrected chi connectivity index (χ2v) is 8.15. The Balaban J connectivity index is 1.43. The molecule has 2 aromatic carbocycles. The zero-order chi connectivity index (χ0) is 23.8. The second-order valence-electron chi connectivity index (χ2n) is 8.15. The molecule has 0 N–H and O–H groups in total. The first-order valence-corrected chi connectivity index (χ1v) is 10.9. The molecule has 1 aliphatic heterocycles. The fraction of sp³-hybridized carbons (Fsp3) is 0.240. The van der Waals surface area contributed by atoms with Gasteiger partial charge in [0.1, 0.15) is 17.4 Å². The van der Waals surface area contributed by atoms with Crippen LogP contribution in [0.25, 0.3) is 17.8 Å². The molecule has 2 aromatic heterocycles. The molecule has 0 radical (unpaired) electrons. The van der Waals surface area contributed by atoms with Gasteiger partial charge in [0.15, 0.2) is 23.3 Å². The summed E-state index contributed by atoms with van der Waals surface area (Å²) in [5.74, 6) is -1.57. The molecule has 3 heterocycles. The fourth-order valence-corrected chi connectivity index (χ4v) is 4.33. The molecule has 0 bridgehead atoms. The Hall–Kier alpha value is -3.88. The van der Waals surface area contributed by atoms with Gasteiger partial charge < -0.3 is 9.30 Å². The van der Waals surface area contributed by atoms with Gasteiger partial charge >= 0.3 is 0 Å². The summed E-state index contributed by atoms with van der Waals surface area (Å²) in [6, 6.07) is 7.90. The monoisotopic (exact) mass is 465 g/mol. The van der Waals surface area contributed by atoms with Crippen molar-refractivity contribution < 1.29 is 17.9 Å². The Labute approximate surface area is 194 Å². The van der Waals surface area contributed by atoms with Gasteiger partial charge in [0.2, 0.25) is 0 Å². The lowest BCUT2D eigenvalue weighted by atomic mass is 9.91. The van der Waals surface area contributed by atoms with Crippen molar-refractivity contribution in [2.24, 2.45) is 0 Å². The van der Waals surface area contributed by atoms with Crippen LogP contribution in [-0.2, 0) is 6.54 Å². The molecule has 9 heteroatoms. The molecule has 0 aliphatic carbocycles. The first kappa shape index (κ1) is 21.9. The quantitative estimate of drug-likeness (QED) is 0.376. The molecule has 6 nitrogen and oxygen atoms in total. The number of aryl methyl sites for hydroxylation is 2. The SMILES string of the molecule is COc1cc(/C=C/c2nc3n(n2)CCCC3c2cc(F)c(F)c(F)c2)ccc1-n1ccnc1C. The van der Waals surface area contributed by atoms with Gasteiger partial charge in [0, 0.05) is 24.9 Å². The van der Waals surface area contributed by atoms with E-state index in [1.54, 1.807) is 24.1 Å². The molecular weight excluding hydrogens is 443 g/mol. The lowest BCUT2D eigenvalue weighted by molar-refractivity contribution is 0.412. The standard InChI is InChI=1S/C25H22F3N5O/c1-15-29-9-11-32(15)21-7-5-16(12-22(21)34-2)6-8-23-30-25-18(4-3-10-33(25)31-23)17-13-19(26)24(28)20(27)14-17/h5-9,11-14,18H,3-4,10H2,1-2H3/b8-6+. The van der Waals surface area contributed by atoms with Gasteiger partial charge in [0.05, 0.1) is 12.8 Å². The van der Waals surface area contributed by atoms with E-state index in [-0.39, 0.29) is 5.92 Å². The molecule has 174 valence electrons. The first-order chi connectivity index (χ1) is 16.4. The summed E-state index contributed by atoms with van der Waals surface area (Å²) in [6.07, 6.45) is 8.69. The lowest BCUT2D eigenvalue weighted by Crippen LogP contribution is -2.18. The molecule has 0 fully saturated rings. The van der Waals surface area contributed by atoms with E-state index in [1.165, 1.54) is 0 Å². The van der Waals surface area contributed by atoms with Gasteiger partial charge in [0.25, 0.3) is 0 Å². The molecule has 1 aliphatic rings. The van der Waals surface area contributed by atoms with Gasteiger partial charge in [-0.15, -0.1) is 0 Å². The van der Waals surface area contributed by atoms with Crippen LogP contribution in [0.5, 0.6) is 5.75 Å². The number of hydrogen-bond donors (Lipinski definition) is 0. The van der Waals surface area contributed by atoms with Crippen LogP contribution in [-0.4, -0.2) is 31.4 Å². The molecule has 0 spiro atoms. The van der Waals surface area contributed by atoms with Gasteiger partial charge in [-0.25, -0.2) is 27.8 Å². The highest BCUT2D eigenvalue weighted by atomic mass is 19.2. The Morgan fingerprint density at radius 1 is 1.09 bits per heavy atom. The van der Waals surface area contributed by atoms with E-state index >= 15 is 0 Å². The van der Waals surface area contributed by atoms with Crippen LogP contribution in [0.4, 0.5) is 13.2 Å². The van der Waals surface area contributed by atoms with E-state index < -0.39 is 17.5 Å². The van der Waals surface area contributed by atoms with Crippen LogP contribution in [0.1, 0.15) is 47.4 Å². The Kier molecular flexibility index (Phi) is 5.69. The van der Waals surface area contributed by atoms with Gasteiger partial charge in [-0.1, -0.05) is 12.1 Å². The maximum Gasteiger partial charge on any atom is 0.194 e. The number of methoxy groups -OCH3 is 1. The second kappa shape index (κ2) is 8.81. The summed E-state index contributed by atoms with van der Waals surface area (Å²) in [6.45, 7) is 2.58. The van der Waals surface area contributed by atoms with Crippen molar-refractivity contribution in [3.8, 4) is 11.4 Å². The Bertz CT molecular complexity index is 1370. The maximum absolute atomic E-state index is 13.8. The van der Waals surface area contributed by atoms with E-state index in [1.807, 2.05) is 42.0 Å². The van der Waals surface area contributed by atoms with Crippen LogP contribution in [0.2, 0.25) is 0 Å². The summed E-state index contributed by atoms with van der Waals surface area (Å²) in [4.78, 5) is 8.86. The van der Waals surface area contributed by atoms with Crippen LogP contribution in [0, 0.1) is 24.4 Å². The third-order valence-electron chi connectivity index (χ3n) is 6.01. The highest BCUT2D eigenvalue weighted by Gasteiger charge is 2.27. The molecule has 5 rings (SSSR count). The Morgan fingerprint density at radius 2 is 1.88 bits per heavy atom. The molecule has 0 saturated heterocycles. The van der Waals surface area contributed by atoms with Crippen molar-refractivity contribution in [1.29, 1.82) is 0 Å². The van der Waals surface area contributed by atoms with Crippen LogP contribution >= 0.6 is 0 Å². The fourth-order valence-electron chi connectivity index (χ4n) is 4.33. The topological polar surface area (TPSA) is 57.8 Å². The number of nitrogens with zero attached hydrogens (tertiary/aromatic N) is 5. The number of rotatable bonds is 5. The first-order valence-electron chi connectivity index (χ1n) is 10.9. The van der Waals surface area contributed by atoms with Crippen molar-refractivity contribution in [1.82, 2.24) is 24.3 Å². The minimum absolute atomic E-state index is 0.356. The Morgan fingerprint density at radius 3 is 2.59 bits per heavy atom. The number of benzene rings is 2. The highest BCUT2D eigenvalue weighted by Crippen LogP contribution is 2.34. The third-order valence-corrected chi connectivity index (χ3v) is 6.01. The third kappa shape index (κ3) is 3.98. The largest absolute Gasteiger partial charge is 0.495 e. The highest BCUT2D eigenvalue weighted by molar-refractivity contribution is 5.69. The molecule has 0 saturated carbocycles. The minimum Gasteiger partial charge on any atom is -0.495 e.